The molecule has 0 saturated carbocycles. The Morgan fingerprint density at radius 3 is 2.60 bits per heavy atom. The molecule has 106 valence electrons. The van der Waals surface area contributed by atoms with Crippen LogP contribution in [0.4, 0.5) is 8.78 Å². The van der Waals surface area contributed by atoms with Crippen LogP contribution >= 0.6 is 11.6 Å². The number of benzene rings is 2. The van der Waals surface area contributed by atoms with Crippen molar-refractivity contribution in [3.05, 3.63) is 64.2 Å². The Balaban J connectivity index is 2.18. The van der Waals surface area contributed by atoms with Crippen LogP contribution in [-0.4, -0.2) is 5.11 Å². The Kier molecular flexibility index (Phi) is 4.57. The maximum absolute atomic E-state index is 13.5. The number of rotatable bonds is 4. The summed E-state index contributed by atoms with van der Waals surface area (Å²) in [5, 5.41) is 10.1. The van der Waals surface area contributed by atoms with E-state index in [-0.39, 0.29) is 12.2 Å². The normalized spacial score (nSPS) is 12.2. The van der Waals surface area contributed by atoms with Crippen molar-refractivity contribution in [2.75, 3.05) is 0 Å². The first-order chi connectivity index (χ1) is 9.47. The maximum atomic E-state index is 13.5. The van der Waals surface area contributed by atoms with Crippen molar-refractivity contribution in [3.63, 3.8) is 0 Å². The number of hydrogen-bond acceptors (Lipinski definition) is 2. The highest BCUT2D eigenvalue weighted by molar-refractivity contribution is 6.30. The summed E-state index contributed by atoms with van der Waals surface area (Å²) in [6.07, 6.45) is -0.762. The zero-order chi connectivity index (χ0) is 14.7. The Morgan fingerprint density at radius 1 is 1.20 bits per heavy atom. The van der Waals surface area contributed by atoms with E-state index in [0.29, 0.717) is 16.3 Å². The average molecular weight is 299 g/mol. The van der Waals surface area contributed by atoms with Crippen molar-refractivity contribution >= 4 is 11.6 Å². The molecule has 0 aliphatic heterocycles. The molecule has 2 nitrogen and oxygen atoms in total. The van der Waals surface area contributed by atoms with Crippen molar-refractivity contribution in [2.45, 2.75) is 19.6 Å². The van der Waals surface area contributed by atoms with Crippen LogP contribution < -0.4 is 4.74 Å². The van der Waals surface area contributed by atoms with Crippen LogP contribution in [0.5, 0.6) is 5.75 Å². The first kappa shape index (κ1) is 14.8. The van der Waals surface area contributed by atoms with Gasteiger partial charge in [-0.1, -0.05) is 11.6 Å². The van der Waals surface area contributed by atoms with Crippen molar-refractivity contribution in [1.29, 1.82) is 0 Å². The fourth-order valence-electron chi connectivity index (χ4n) is 1.77. The van der Waals surface area contributed by atoms with E-state index in [0.717, 1.165) is 6.07 Å². The molecule has 20 heavy (non-hydrogen) atoms. The zero-order valence-corrected chi connectivity index (χ0v) is 11.5. The molecular formula is C15H13ClF2O2. The first-order valence-electron chi connectivity index (χ1n) is 6.01. The third kappa shape index (κ3) is 3.46. The minimum absolute atomic E-state index is 0.0620. The van der Waals surface area contributed by atoms with Gasteiger partial charge in [-0.3, -0.25) is 0 Å². The highest BCUT2D eigenvalue weighted by atomic mass is 35.5. The predicted octanol–water partition coefficient (Wildman–Crippen LogP) is 4.25. The Bertz CT molecular complexity index is 615. The summed E-state index contributed by atoms with van der Waals surface area (Å²) in [7, 11) is 0. The summed E-state index contributed by atoms with van der Waals surface area (Å²) in [6, 6.07) is 8.09. The van der Waals surface area contributed by atoms with Gasteiger partial charge in [0.1, 0.15) is 24.0 Å². The van der Waals surface area contributed by atoms with E-state index in [1.54, 1.807) is 25.1 Å². The number of hydrogen-bond donors (Lipinski definition) is 1. The van der Waals surface area contributed by atoms with Crippen molar-refractivity contribution in [1.82, 2.24) is 0 Å². The molecule has 2 rings (SSSR count). The molecule has 5 heteroatoms. The second-order valence-electron chi connectivity index (χ2n) is 4.38. The lowest BCUT2D eigenvalue weighted by atomic mass is 10.1. The van der Waals surface area contributed by atoms with Crippen LogP contribution in [0, 0.1) is 11.6 Å². The molecule has 0 saturated heterocycles. The van der Waals surface area contributed by atoms with Gasteiger partial charge in [0.25, 0.3) is 0 Å². The summed E-state index contributed by atoms with van der Waals surface area (Å²) in [6.45, 7) is 1.52. The second kappa shape index (κ2) is 6.20. The van der Waals surface area contributed by atoms with Crippen LogP contribution in [0.1, 0.15) is 24.2 Å². The molecule has 0 radical (unpaired) electrons. The van der Waals surface area contributed by atoms with Crippen LogP contribution in [0.25, 0.3) is 0 Å². The number of halogens is 3. The van der Waals surface area contributed by atoms with Crippen LogP contribution in [-0.2, 0) is 6.61 Å². The van der Waals surface area contributed by atoms with E-state index in [1.807, 2.05) is 0 Å². The van der Waals surface area contributed by atoms with Gasteiger partial charge in [-0.25, -0.2) is 8.78 Å². The molecule has 2 aromatic rings. The quantitative estimate of drug-likeness (QED) is 0.914. The number of ether oxygens (including phenoxy) is 1. The summed E-state index contributed by atoms with van der Waals surface area (Å²) in [5.74, 6) is -0.895. The molecule has 1 N–H and O–H groups in total. The molecule has 0 bridgehead atoms. The zero-order valence-electron chi connectivity index (χ0n) is 10.7. The topological polar surface area (TPSA) is 29.5 Å². The number of aliphatic hydroxyl groups excluding tert-OH is 1. The van der Waals surface area contributed by atoms with Crippen LogP contribution in [0.2, 0.25) is 5.02 Å². The summed E-state index contributed by atoms with van der Waals surface area (Å²) < 4.78 is 31.8. The van der Waals surface area contributed by atoms with Gasteiger partial charge in [-0.15, -0.1) is 0 Å². The van der Waals surface area contributed by atoms with Gasteiger partial charge in [-0.2, -0.15) is 0 Å². The molecule has 1 unspecified atom stereocenters. The van der Waals surface area contributed by atoms with Crippen LogP contribution in [0.15, 0.2) is 36.4 Å². The summed E-state index contributed by atoms with van der Waals surface area (Å²) in [4.78, 5) is 0. The second-order valence-corrected chi connectivity index (χ2v) is 4.82. The molecule has 0 fully saturated rings. The van der Waals surface area contributed by atoms with Gasteiger partial charge in [0.2, 0.25) is 0 Å². The maximum Gasteiger partial charge on any atom is 0.132 e. The third-order valence-electron chi connectivity index (χ3n) is 2.82. The van der Waals surface area contributed by atoms with E-state index >= 15 is 0 Å². The minimum Gasteiger partial charge on any atom is -0.488 e. The molecule has 0 aliphatic rings. The van der Waals surface area contributed by atoms with Gasteiger partial charge in [0.05, 0.1) is 6.10 Å². The van der Waals surface area contributed by atoms with E-state index in [1.165, 1.54) is 12.1 Å². The molecule has 0 amide bonds. The fourth-order valence-corrected chi connectivity index (χ4v) is 1.95. The average Bonchev–Trinajstić information content (AvgIpc) is 2.38. The highest BCUT2D eigenvalue weighted by Gasteiger charge is 2.11. The van der Waals surface area contributed by atoms with Crippen LogP contribution in [0.3, 0.4) is 0 Å². The van der Waals surface area contributed by atoms with E-state index in [4.69, 9.17) is 16.3 Å². The smallest absolute Gasteiger partial charge is 0.132 e. The van der Waals surface area contributed by atoms with Gasteiger partial charge in [0.15, 0.2) is 0 Å². The van der Waals surface area contributed by atoms with E-state index in [9.17, 15) is 13.9 Å². The molecule has 0 aromatic heterocycles. The summed E-state index contributed by atoms with van der Waals surface area (Å²) >= 11 is 5.85. The number of aliphatic hydroxyl groups is 1. The van der Waals surface area contributed by atoms with Gasteiger partial charge >= 0.3 is 0 Å². The molecule has 0 aliphatic carbocycles. The monoisotopic (exact) mass is 298 g/mol. The Morgan fingerprint density at radius 2 is 1.95 bits per heavy atom. The lowest BCUT2D eigenvalue weighted by molar-refractivity contribution is 0.190. The van der Waals surface area contributed by atoms with Crippen molar-refractivity contribution < 1.29 is 18.6 Å². The lowest BCUT2D eigenvalue weighted by Gasteiger charge is -2.14. The summed E-state index contributed by atoms with van der Waals surface area (Å²) in [5.41, 5.74) is 0.748. The Labute approximate surface area is 120 Å². The van der Waals surface area contributed by atoms with Gasteiger partial charge < -0.3 is 9.84 Å². The highest BCUT2D eigenvalue weighted by Crippen LogP contribution is 2.29. The van der Waals surface area contributed by atoms with Crippen molar-refractivity contribution in [2.24, 2.45) is 0 Å². The van der Waals surface area contributed by atoms with Gasteiger partial charge in [-0.05, 0) is 37.3 Å². The third-order valence-corrected chi connectivity index (χ3v) is 3.06. The van der Waals surface area contributed by atoms with Crippen molar-refractivity contribution in [3.8, 4) is 5.75 Å². The lowest BCUT2D eigenvalue weighted by Crippen LogP contribution is -2.03. The molecule has 2 aromatic carbocycles. The predicted molar refractivity (Wildman–Crippen MR) is 72.8 cm³/mol. The minimum atomic E-state index is -0.762. The fraction of sp³-hybridized carbons (Fsp3) is 0.200. The largest absolute Gasteiger partial charge is 0.488 e. The molecule has 1 atom stereocenters. The van der Waals surface area contributed by atoms with E-state index in [2.05, 4.69) is 0 Å². The standard InChI is InChI=1S/C15H13ClF2O2/c1-9(19)13-6-11(16)3-5-15(13)20-8-10-2-4-12(17)7-14(10)18/h2-7,9,19H,8H2,1H3. The first-order valence-corrected chi connectivity index (χ1v) is 6.39. The Hall–Kier alpha value is -1.65. The molecule has 0 heterocycles. The SMILES string of the molecule is CC(O)c1cc(Cl)ccc1OCc1ccc(F)cc1F. The van der Waals surface area contributed by atoms with Gasteiger partial charge in [0, 0.05) is 22.2 Å². The molecule has 0 spiro atoms. The molecular weight excluding hydrogens is 286 g/mol. The van der Waals surface area contributed by atoms with E-state index < -0.39 is 17.7 Å².